The molecule has 6 aromatic rings. The summed E-state index contributed by atoms with van der Waals surface area (Å²) in [7, 11) is -0.999. The van der Waals surface area contributed by atoms with Crippen molar-refractivity contribution in [1.82, 2.24) is 24.3 Å². The van der Waals surface area contributed by atoms with Crippen molar-refractivity contribution in [3.05, 3.63) is 115 Å². The van der Waals surface area contributed by atoms with Gasteiger partial charge >= 0.3 is 0 Å². The monoisotopic (exact) mass is 889 g/mol. The van der Waals surface area contributed by atoms with E-state index in [0.717, 1.165) is 28.8 Å². The van der Waals surface area contributed by atoms with Crippen LogP contribution in [-0.4, -0.2) is 65.7 Å². The molecule has 3 aromatic heterocycles. The summed E-state index contributed by atoms with van der Waals surface area (Å²) in [5, 5.41) is 4.95. The lowest BCUT2D eigenvalue weighted by atomic mass is 9.84. The van der Waals surface area contributed by atoms with Crippen molar-refractivity contribution < 1.29 is 35.5 Å². The van der Waals surface area contributed by atoms with Gasteiger partial charge in [-0.1, -0.05) is 35.3 Å². The van der Waals surface area contributed by atoms with E-state index in [4.69, 9.17) is 48.5 Å². The standard InChI is InChI=1S/C41H41Cl2F4N7O5S/c1-58-16-4-15-52-36-33(10-9-29(42)34(36)39(51-52)53(60(3,56)57)22-23-5-7-28(59-2)8-6-23)54-38(31(48)19-24-17-26(44)20-27(45)18-24)50-37-35(40(54)55)30(43)21-32(49-37)25-11-13-41(46,47)14-12-25/h5-10,17-18,20-21,25,31H,4,11-16,19,22,48H2,1-3H3/t31-/m0/s1. The first-order valence-electron chi connectivity index (χ1n) is 19.0. The average Bonchev–Trinajstić information content (AvgIpc) is 3.56. The third kappa shape index (κ3) is 8.96. The SMILES string of the molecule is COCCCn1nc(N(Cc2ccc(OC)cc2)S(C)(=O)=O)c2c(Cl)ccc(-n3c([C@@H](N)Cc4cc(F)cc(F)c4)nc4nc(C5CCC(F)(F)CC5)cc(Cl)c4c3=O)c21. The maximum absolute atomic E-state index is 15.0. The van der Waals surface area contributed by atoms with Crippen molar-refractivity contribution in [3.8, 4) is 11.4 Å². The van der Waals surface area contributed by atoms with Gasteiger partial charge in [0.05, 0.1) is 52.6 Å². The van der Waals surface area contributed by atoms with E-state index in [1.807, 2.05) is 0 Å². The van der Waals surface area contributed by atoms with Gasteiger partial charge in [-0.2, -0.15) is 5.10 Å². The van der Waals surface area contributed by atoms with Gasteiger partial charge in [-0.25, -0.2) is 40.3 Å². The molecule has 1 fully saturated rings. The zero-order valence-corrected chi connectivity index (χ0v) is 35.1. The fourth-order valence-corrected chi connectivity index (χ4v) is 8.98. The number of nitrogens with two attached hydrogens (primary N) is 1. The summed E-state index contributed by atoms with van der Waals surface area (Å²) in [5.41, 5.74) is 7.51. The molecule has 1 aliphatic carbocycles. The van der Waals surface area contributed by atoms with E-state index >= 15 is 4.79 Å². The topological polar surface area (TPSA) is 147 Å². The highest BCUT2D eigenvalue weighted by molar-refractivity contribution is 7.92. The number of benzene rings is 3. The largest absolute Gasteiger partial charge is 0.497 e. The van der Waals surface area contributed by atoms with Crippen LogP contribution in [-0.2, 0) is 34.3 Å². The zero-order valence-electron chi connectivity index (χ0n) is 32.8. The van der Waals surface area contributed by atoms with Crippen LogP contribution in [0, 0.1) is 11.6 Å². The highest BCUT2D eigenvalue weighted by atomic mass is 35.5. The van der Waals surface area contributed by atoms with Crippen molar-refractivity contribution in [2.75, 3.05) is 31.4 Å². The molecule has 0 unspecified atom stereocenters. The second kappa shape index (κ2) is 17.3. The Balaban J connectivity index is 1.48. The maximum atomic E-state index is 15.0. The number of fused-ring (bicyclic) bond motifs is 2. The smallest absolute Gasteiger partial charge is 0.269 e. The number of rotatable bonds is 14. The highest BCUT2D eigenvalue weighted by Gasteiger charge is 2.37. The summed E-state index contributed by atoms with van der Waals surface area (Å²) in [4.78, 5) is 24.5. The minimum atomic E-state index is -4.04. The lowest BCUT2D eigenvalue weighted by molar-refractivity contribution is -0.0384. The molecule has 0 aliphatic heterocycles. The van der Waals surface area contributed by atoms with Crippen molar-refractivity contribution in [2.24, 2.45) is 5.73 Å². The summed E-state index contributed by atoms with van der Waals surface area (Å²) in [6.07, 6.45) is 0.841. The van der Waals surface area contributed by atoms with Gasteiger partial charge in [0.2, 0.25) is 15.9 Å². The first-order valence-corrected chi connectivity index (χ1v) is 21.6. The number of alkyl halides is 2. The average molecular weight is 891 g/mol. The summed E-state index contributed by atoms with van der Waals surface area (Å²) in [5.74, 6) is -4.41. The number of hydrogen-bond donors (Lipinski definition) is 1. The molecule has 1 aliphatic rings. The van der Waals surface area contributed by atoms with Crippen LogP contribution in [0.2, 0.25) is 10.0 Å². The van der Waals surface area contributed by atoms with Crippen LogP contribution in [0.5, 0.6) is 5.75 Å². The molecule has 12 nitrogen and oxygen atoms in total. The van der Waals surface area contributed by atoms with E-state index in [-0.39, 0.29) is 106 Å². The molecule has 1 saturated carbocycles. The van der Waals surface area contributed by atoms with Gasteiger partial charge in [0.1, 0.15) is 28.6 Å². The maximum Gasteiger partial charge on any atom is 0.269 e. The second-order valence-corrected chi connectivity index (χ2v) is 17.6. The van der Waals surface area contributed by atoms with Gasteiger partial charge in [-0.15, -0.1) is 0 Å². The molecule has 1 atom stereocenters. The molecule has 3 aromatic carbocycles. The number of ether oxygens (including phenoxy) is 2. The van der Waals surface area contributed by atoms with Gasteiger partial charge in [0.25, 0.3) is 5.56 Å². The van der Waals surface area contributed by atoms with Crippen LogP contribution in [0.3, 0.4) is 0 Å². The second-order valence-electron chi connectivity index (χ2n) is 14.9. The Morgan fingerprint density at radius 1 is 0.950 bits per heavy atom. The predicted octanol–water partition coefficient (Wildman–Crippen LogP) is 8.26. The highest BCUT2D eigenvalue weighted by Crippen LogP contribution is 2.42. The van der Waals surface area contributed by atoms with E-state index in [9.17, 15) is 26.0 Å². The Morgan fingerprint density at radius 3 is 2.27 bits per heavy atom. The number of halogens is 6. The number of sulfonamides is 1. The molecule has 7 rings (SSSR count). The van der Waals surface area contributed by atoms with Crippen LogP contribution in [0.25, 0.3) is 27.6 Å². The lowest BCUT2D eigenvalue weighted by Crippen LogP contribution is -2.31. The van der Waals surface area contributed by atoms with Crippen LogP contribution < -0.4 is 20.3 Å². The van der Waals surface area contributed by atoms with Gasteiger partial charge in [-0.3, -0.25) is 14.0 Å². The quantitative estimate of drug-likeness (QED) is 0.0844. The Hall–Kier alpha value is -4.81. The van der Waals surface area contributed by atoms with Crippen molar-refractivity contribution in [1.29, 1.82) is 0 Å². The summed E-state index contributed by atoms with van der Waals surface area (Å²) in [6.45, 7) is 0.325. The third-order valence-electron chi connectivity index (χ3n) is 10.6. The van der Waals surface area contributed by atoms with Crippen molar-refractivity contribution in [3.63, 3.8) is 0 Å². The van der Waals surface area contributed by atoms with Crippen LogP contribution in [0.15, 0.2) is 65.5 Å². The Kier molecular flexibility index (Phi) is 12.5. The van der Waals surface area contributed by atoms with Crippen LogP contribution in [0.1, 0.15) is 66.7 Å². The van der Waals surface area contributed by atoms with E-state index in [1.54, 1.807) is 24.3 Å². The van der Waals surface area contributed by atoms with E-state index in [0.29, 0.717) is 30.0 Å². The lowest BCUT2D eigenvalue weighted by Gasteiger charge is -2.28. The first kappa shape index (κ1) is 43.3. The van der Waals surface area contributed by atoms with E-state index in [1.165, 1.54) is 41.7 Å². The first-order chi connectivity index (χ1) is 28.5. The van der Waals surface area contributed by atoms with Crippen molar-refractivity contribution in [2.45, 2.75) is 69.5 Å². The van der Waals surface area contributed by atoms with Crippen LogP contribution >= 0.6 is 23.2 Å². The van der Waals surface area contributed by atoms with Crippen molar-refractivity contribution >= 4 is 61.0 Å². The predicted molar refractivity (Wildman–Crippen MR) is 222 cm³/mol. The molecule has 19 heteroatoms. The minimum absolute atomic E-state index is 0.0298. The summed E-state index contributed by atoms with van der Waals surface area (Å²) in [6, 6.07) is 13.0. The summed E-state index contributed by atoms with van der Waals surface area (Å²) >= 11 is 13.8. The van der Waals surface area contributed by atoms with Gasteiger partial charge < -0.3 is 15.2 Å². The minimum Gasteiger partial charge on any atom is -0.497 e. The van der Waals surface area contributed by atoms with Crippen LogP contribution in [0.4, 0.5) is 23.4 Å². The number of hydrogen-bond acceptors (Lipinski definition) is 9. The number of methoxy groups -OCH3 is 2. The number of aryl methyl sites for hydroxylation is 1. The van der Waals surface area contributed by atoms with E-state index in [2.05, 4.69) is 4.98 Å². The van der Waals surface area contributed by atoms with Gasteiger partial charge in [0.15, 0.2) is 11.5 Å². The number of anilines is 1. The molecule has 60 heavy (non-hydrogen) atoms. The number of aromatic nitrogens is 5. The normalized spacial score (nSPS) is 15.2. The third-order valence-corrected chi connectivity index (χ3v) is 12.3. The Labute approximate surface area is 352 Å². The molecule has 0 amide bonds. The number of pyridine rings is 1. The Bertz CT molecular complexity index is 2720. The van der Waals surface area contributed by atoms with Gasteiger partial charge in [-0.05, 0) is 79.3 Å². The van der Waals surface area contributed by atoms with E-state index < -0.39 is 39.2 Å². The molecule has 318 valence electrons. The number of nitrogens with zero attached hydrogens (tertiary/aromatic N) is 6. The van der Waals surface area contributed by atoms with Gasteiger partial charge in [0, 0.05) is 50.8 Å². The molecule has 0 spiro atoms. The molecule has 3 heterocycles. The molecule has 0 saturated heterocycles. The zero-order chi connectivity index (χ0) is 43.1. The molecular formula is C41H41Cl2F4N7O5S. The fourth-order valence-electron chi connectivity index (χ4n) is 7.64. The Morgan fingerprint density at radius 2 is 1.63 bits per heavy atom. The molecule has 0 radical (unpaired) electrons. The molecule has 2 N–H and O–H groups in total. The fraction of sp³-hybridized carbons (Fsp3) is 0.366. The summed E-state index contributed by atoms with van der Waals surface area (Å²) < 4.78 is 98.7. The molecular weight excluding hydrogens is 849 g/mol. The molecule has 0 bridgehead atoms.